The molecular formula is C88H54B2N2. The van der Waals surface area contributed by atoms with E-state index in [9.17, 15) is 0 Å². The summed E-state index contributed by atoms with van der Waals surface area (Å²) in [6.45, 7) is -0.164. The van der Waals surface area contributed by atoms with Crippen LogP contribution in [-0.2, 0) is 0 Å². The van der Waals surface area contributed by atoms with E-state index in [2.05, 4.69) is 337 Å². The van der Waals surface area contributed by atoms with E-state index in [-0.39, 0.29) is 13.4 Å². The van der Waals surface area contributed by atoms with Gasteiger partial charge in [0.25, 0.3) is 0 Å². The van der Waals surface area contributed by atoms with Crippen LogP contribution in [0.3, 0.4) is 0 Å². The fourth-order valence-electron chi connectivity index (χ4n) is 17.0. The average molecular weight is 1160 g/mol. The lowest BCUT2D eigenvalue weighted by molar-refractivity contribution is 1.29. The summed E-state index contributed by atoms with van der Waals surface area (Å²) < 4.78 is 0. The summed E-state index contributed by atoms with van der Waals surface area (Å²) in [7, 11) is 0. The van der Waals surface area contributed by atoms with Crippen molar-refractivity contribution in [3.8, 4) is 89.0 Å². The molecule has 0 amide bonds. The first-order valence-corrected chi connectivity index (χ1v) is 32.2. The lowest BCUT2D eigenvalue weighted by atomic mass is 9.31. The molecule has 0 saturated heterocycles. The summed E-state index contributed by atoms with van der Waals surface area (Å²) in [6.07, 6.45) is 0. The number of fused-ring (bicyclic) bond motifs is 8. The van der Waals surface area contributed by atoms with Gasteiger partial charge in [0.05, 0.1) is 11.4 Å². The standard InChI is InChI=1S/C88H54B2N2/c1-5-27-55(28-6-1)59-35-13-15-39-63(59)67-51-69-65-41-25-49-81-87(65)90(74-44-20-24-48-80(74)91(81)77-45-21-17-37-61(77)57-31-9-3-10-32-57)76-54-72-68(64-40-16-14-36-60(64)56-29-7-2-8-30-56)52-70-66-42-26-50-82-88(66)89(75-53-71(67)85(83(69)76)86(72)84(70)75)73-43-19-23-47-79(73)92(82)78-46-22-18-38-62(78)58-33-11-4-12-34-58/h1-54H. The molecule has 0 spiro atoms. The van der Waals surface area contributed by atoms with Crippen LogP contribution in [0.15, 0.2) is 328 Å². The number of hydrogen-bond acceptors (Lipinski definition) is 2. The zero-order valence-electron chi connectivity index (χ0n) is 50.2. The van der Waals surface area contributed by atoms with E-state index in [0.717, 1.165) is 11.4 Å². The molecule has 0 aliphatic carbocycles. The molecule has 20 rings (SSSR count). The molecular weight excluding hydrogens is 1110 g/mol. The van der Waals surface area contributed by atoms with Gasteiger partial charge < -0.3 is 9.80 Å². The van der Waals surface area contributed by atoms with E-state index < -0.39 is 0 Å². The molecule has 92 heavy (non-hydrogen) atoms. The Hall–Kier alpha value is -11.7. The first-order valence-electron chi connectivity index (χ1n) is 32.2. The fraction of sp³-hybridized carbons (Fsp3) is 0. The molecule has 0 saturated carbocycles. The van der Waals surface area contributed by atoms with Gasteiger partial charge in [0, 0.05) is 33.9 Å². The number of benzene rings is 16. The Morgan fingerprint density at radius 1 is 0.174 bits per heavy atom. The van der Waals surface area contributed by atoms with Gasteiger partial charge in [0.15, 0.2) is 0 Å². The third kappa shape index (κ3) is 7.23. The fourth-order valence-corrected chi connectivity index (χ4v) is 17.0. The van der Waals surface area contributed by atoms with Crippen LogP contribution in [0.25, 0.3) is 121 Å². The normalized spacial score (nSPS) is 12.9. The van der Waals surface area contributed by atoms with Gasteiger partial charge in [0.1, 0.15) is 0 Å². The summed E-state index contributed by atoms with van der Waals surface area (Å²) in [5, 5.41) is 7.90. The lowest BCUT2D eigenvalue weighted by Crippen LogP contribution is -2.60. The molecule has 4 aliphatic heterocycles. The molecule has 422 valence electrons. The summed E-state index contributed by atoms with van der Waals surface area (Å²) in [5.74, 6) is 0. The lowest BCUT2D eigenvalue weighted by Gasteiger charge is -2.42. The molecule has 2 nitrogen and oxygen atoms in total. The van der Waals surface area contributed by atoms with E-state index in [4.69, 9.17) is 0 Å². The van der Waals surface area contributed by atoms with Crippen molar-refractivity contribution in [2.75, 3.05) is 9.80 Å². The Balaban J connectivity index is 0.962. The largest absolute Gasteiger partial charge is 0.311 e. The first-order chi connectivity index (χ1) is 45.7. The van der Waals surface area contributed by atoms with Gasteiger partial charge in [0.2, 0.25) is 13.4 Å². The third-order valence-electron chi connectivity index (χ3n) is 20.6. The number of hydrogen-bond donors (Lipinski definition) is 0. The molecule has 4 aliphatic rings. The predicted octanol–water partition coefficient (Wildman–Crippen LogP) is 19.1. The van der Waals surface area contributed by atoms with Crippen molar-refractivity contribution in [1.29, 1.82) is 0 Å². The number of para-hydroxylation sites is 4. The smallest absolute Gasteiger partial charge is 0.248 e. The molecule has 0 aromatic heterocycles. The quantitative estimate of drug-likeness (QED) is 0.111. The van der Waals surface area contributed by atoms with Crippen LogP contribution in [0.1, 0.15) is 0 Å². The van der Waals surface area contributed by atoms with Gasteiger partial charge in [-0.15, -0.1) is 0 Å². The van der Waals surface area contributed by atoms with Crippen LogP contribution in [0.5, 0.6) is 0 Å². The van der Waals surface area contributed by atoms with Gasteiger partial charge in [-0.3, -0.25) is 0 Å². The minimum Gasteiger partial charge on any atom is -0.311 e. The summed E-state index contributed by atoms with van der Waals surface area (Å²) >= 11 is 0. The van der Waals surface area contributed by atoms with Gasteiger partial charge >= 0.3 is 0 Å². The topological polar surface area (TPSA) is 6.48 Å². The predicted molar refractivity (Wildman–Crippen MR) is 392 cm³/mol. The van der Waals surface area contributed by atoms with Crippen molar-refractivity contribution in [3.63, 3.8) is 0 Å². The number of nitrogens with zero attached hydrogens (tertiary/aromatic N) is 2. The first kappa shape index (κ1) is 51.2. The van der Waals surface area contributed by atoms with Crippen LogP contribution in [0.2, 0.25) is 0 Å². The van der Waals surface area contributed by atoms with Gasteiger partial charge in [-0.1, -0.05) is 290 Å². The van der Waals surface area contributed by atoms with Crippen molar-refractivity contribution >= 4 is 113 Å². The van der Waals surface area contributed by atoms with E-state index >= 15 is 0 Å². The van der Waals surface area contributed by atoms with E-state index in [0.29, 0.717) is 0 Å². The van der Waals surface area contributed by atoms with Crippen LogP contribution >= 0.6 is 0 Å². The second-order valence-electron chi connectivity index (χ2n) is 25.2. The summed E-state index contributed by atoms with van der Waals surface area (Å²) in [4.78, 5) is 5.14. The second kappa shape index (κ2) is 19.9. The van der Waals surface area contributed by atoms with Crippen LogP contribution in [-0.4, -0.2) is 13.4 Å². The number of anilines is 6. The molecule has 4 heterocycles. The molecule has 0 N–H and O–H groups in total. The Bertz CT molecular complexity index is 5370. The second-order valence-corrected chi connectivity index (χ2v) is 25.2. The SMILES string of the molecule is c1ccc(-c2ccccc2-c2cc3c4c(cc5c(-c6ccccc6-c6ccccc6)cc6c7c(cc2c4c57)B2c4ccccc4N(c4ccccc4-c4ccccc4)c4cccc-6c42)B2c4ccccc4N(c4ccccc4-c4ccccc4)c4cccc-3c42)cc1. The molecule has 16 aromatic rings. The molecule has 0 unspecified atom stereocenters. The zero-order chi connectivity index (χ0) is 60.1. The molecule has 0 radical (unpaired) electrons. The monoisotopic (exact) mass is 1160 g/mol. The van der Waals surface area contributed by atoms with Crippen molar-refractivity contribution in [1.82, 2.24) is 0 Å². The maximum Gasteiger partial charge on any atom is 0.248 e. The molecule has 0 atom stereocenters. The highest BCUT2D eigenvalue weighted by molar-refractivity contribution is 7.02. The van der Waals surface area contributed by atoms with Gasteiger partial charge in [-0.2, -0.15) is 0 Å². The molecule has 0 fully saturated rings. The Morgan fingerprint density at radius 2 is 0.467 bits per heavy atom. The molecule has 0 bridgehead atoms. The van der Waals surface area contributed by atoms with Crippen LogP contribution in [0, 0.1) is 0 Å². The minimum absolute atomic E-state index is 0.0818. The highest BCUT2D eigenvalue weighted by atomic mass is 15.2. The molecule has 4 heteroatoms. The maximum absolute atomic E-state index is 2.68. The third-order valence-corrected chi connectivity index (χ3v) is 20.6. The highest BCUT2D eigenvalue weighted by Gasteiger charge is 2.46. The van der Waals surface area contributed by atoms with Crippen molar-refractivity contribution in [2.45, 2.75) is 0 Å². The summed E-state index contributed by atoms with van der Waals surface area (Å²) in [5.41, 5.74) is 34.8. The van der Waals surface area contributed by atoms with E-state index in [1.165, 1.54) is 177 Å². The Kier molecular flexibility index (Phi) is 11.1. The Morgan fingerprint density at radius 3 is 0.859 bits per heavy atom. The van der Waals surface area contributed by atoms with Crippen LogP contribution in [0.4, 0.5) is 34.1 Å². The maximum atomic E-state index is 2.68. The minimum atomic E-state index is -0.0818. The van der Waals surface area contributed by atoms with E-state index in [1.807, 2.05) is 0 Å². The highest BCUT2D eigenvalue weighted by Crippen LogP contribution is 2.54. The zero-order valence-corrected chi connectivity index (χ0v) is 50.2. The molecule has 16 aromatic carbocycles. The Labute approximate surface area is 535 Å². The summed E-state index contributed by atoms with van der Waals surface area (Å²) in [6, 6.07) is 124. The van der Waals surface area contributed by atoms with Crippen LogP contribution < -0.4 is 42.6 Å². The number of rotatable bonds is 8. The van der Waals surface area contributed by atoms with Crippen molar-refractivity contribution < 1.29 is 0 Å². The van der Waals surface area contributed by atoms with Gasteiger partial charge in [-0.25, -0.2) is 0 Å². The van der Waals surface area contributed by atoms with Crippen molar-refractivity contribution in [2.24, 2.45) is 0 Å². The average Bonchev–Trinajstić information content (AvgIpc) is 0.670. The van der Waals surface area contributed by atoms with E-state index in [1.54, 1.807) is 0 Å². The van der Waals surface area contributed by atoms with Gasteiger partial charge in [-0.05, 0) is 181 Å². The van der Waals surface area contributed by atoms with Crippen molar-refractivity contribution in [3.05, 3.63) is 328 Å².